The summed E-state index contributed by atoms with van der Waals surface area (Å²) in [6.07, 6.45) is 6.88. The topological polar surface area (TPSA) is 61.4 Å². The Morgan fingerprint density at radius 2 is 1.68 bits per heavy atom. The minimum absolute atomic E-state index is 0.0337. The van der Waals surface area contributed by atoms with E-state index in [0.717, 1.165) is 31.2 Å². The average Bonchev–Trinajstić information content (AvgIpc) is 3.05. The van der Waals surface area contributed by atoms with E-state index in [0.29, 0.717) is 44.1 Å². The lowest BCUT2D eigenvalue weighted by Gasteiger charge is -2.34. The molecule has 2 N–H and O–H groups in total. The summed E-state index contributed by atoms with van der Waals surface area (Å²) in [5.74, 6) is 0.495. The van der Waals surface area contributed by atoms with Gasteiger partial charge in [0.15, 0.2) is 0 Å². The number of amides is 2. The van der Waals surface area contributed by atoms with E-state index in [9.17, 15) is 14.0 Å². The summed E-state index contributed by atoms with van der Waals surface area (Å²) in [6, 6.07) is 7.41. The molecule has 3 heterocycles. The third-order valence-corrected chi connectivity index (χ3v) is 6.63. The highest BCUT2D eigenvalue weighted by molar-refractivity contribution is 5.80. The maximum absolute atomic E-state index is 12.9. The van der Waals surface area contributed by atoms with Crippen LogP contribution in [-0.2, 0) is 16.1 Å². The summed E-state index contributed by atoms with van der Waals surface area (Å²) < 4.78 is 12.9. The normalized spacial score (nSPS) is 27.6. The van der Waals surface area contributed by atoms with Crippen LogP contribution in [0.25, 0.3) is 0 Å². The Hall–Kier alpha value is -1.95. The molecule has 6 heteroatoms. The van der Waals surface area contributed by atoms with Crippen LogP contribution < -0.4 is 10.6 Å². The molecule has 2 bridgehead atoms. The van der Waals surface area contributed by atoms with Crippen LogP contribution in [0.15, 0.2) is 24.3 Å². The quantitative estimate of drug-likeness (QED) is 0.816. The molecule has 3 fully saturated rings. The number of rotatable bonds is 5. The first-order valence-corrected chi connectivity index (χ1v) is 10.6. The maximum Gasteiger partial charge on any atom is 0.223 e. The van der Waals surface area contributed by atoms with Crippen LogP contribution in [0, 0.1) is 17.7 Å². The third kappa shape index (κ3) is 4.72. The molecule has 28 heavy (non-hydrogen) atoms. The van der Waals surface area contributed by atoms with E-state index in [1.807, 2.05) is 4.90 Å². The molecule has 2 amide bonds. The Bertz CT molecular complexity index is 688. The zero-order chi connectivity index (χ0) is 19.5. The van der Waals surface area contributed by atoms with Crippen LogP contribution in [0.2, 0.25) is 0 Å². The zero-order valence-electron chi connectivity index (χ0n) is 16.3. The number of hydrogen-bond donors (Lipinski definition) is 2. The molecule has 1 aromatic rings. The molecule has 0 radical (unpaired) electrons. The van der Waals surface area contributed by atoms with E-state index in [2.05, 4.69) is 10.6 Å². The molecule has 152 valence electrons. The molecule has 2 atom stereocenters. The molecule has 3 aliphatic heterocycles. The second kappa shape index (κ2) is 8.60. The van der Waals surface area contributed by atoms with E-state index in [4.69, 9.17) is 0 Å². The Balaban J connectivity index is 1.19. The van der Waals surface area contributed by atoms with Gasteiger partial charge in [-0.2, -0.15) is 0 Å². The van der Waals surface area contributed by atoms with Gasteiger partial charge in [-0.05, 0) is 62.1 Å². The molecule has 0 spiro atoms. The molecule has 0 aromatic heterocycles. The Kier molecular flexibility index (Phi) is 5.95. The fraction of sp³-hybridized carbons (Fsp3) is 0.636. The molecule has 3 aliphatic rings. The second-order valence-electron chi connectivity index (χ2n) is 8.68. The number of benzene rings is 1. The molecule has 0 saturated carbocycles. The van der Waals surface area contributed by atoms with E-state index < -0.39 is 0 Å². The van der Waals surface area contributed by atoms with Crippen LogP contribution in [0.1, 0.15) is 50.5 Å². The van der Waals surface area contributed by atoms with E-state index in [1.165, 1.54) is 25.0 Å². The van der Waals surface area contributed by atoms with Gasteiger partial charge in [-0.3, -0.25) is 9.59 Å². The van der Waals surface area contributed by atoms with Crippen molar-refractivity contribution in [1.82, 2.24) is 15.5 Å². The number of nitrogens with zero attached hydrogens (tertiary/aromatic N) is 1. The van der Waals surface area contributed by atoms with Gasteiger partial charge >= 0.3 is 0 Å². The summed E-state index contributed by atoms with van der Waals surface area (Å²) in [4.78, 5) is 27.1. The van der Waals surface area contributed by atoms with Crippen molar-refractivity contribution in [2.45, 2.75) is 63.6 Å². The van der Waals surface area contributed by atoms with Crippen molar-refractivity contribution in [2.75, 3.05) is 13.1 Å². The Labute approximate surface area is 166 Å². The first kappa shape index (κ1) is 19.4. The Morgan fingerprint density at radius 3 is 2.32 bits per heavy atom. The number of halogens is 1. The highest BCUT2D eigenvalue weighted by Crippen LogP contribution is 2.33. The third-order valence-electron chi connectivity index (χ3n) is 6.63. The van der Waals surface area contributed by atoms with Crippen LogP contribution in [0.3, 0.4) is 0 Å². The molecule has 3 saturated heterocycles. The van der Waals surface area contributed by atoms with E-state index in [1.54, 1.807) is 12.1 Å². The van der Waals surface area contributed by atoms with Gasteiger partial charge in [-0.25, -0.2) is 4.39 Å². The van der Waals surface area contributed by atoms with Gasteiger partial charge in [-0.1, -0.05) is 12.1 Å². The first-order valence-electron chi connectivity index (χ1n) is 10.6. The van der Waals surface area contributed by atoms with E-state index in [-0.39, 0.29) is 23.5 Å². The first-order chi connectivity index (χ1) is 13.6. The van der Waals surface area contributed by atoms with Gasteiger partial charge in [0.1, 0.15) is 5.82 Å². The molecule has 4 rings (SSSR count). The second-order valence-corrected chi connectivity index (χ2v) is 8.68. The lowest BCUT2D eigenvalue weighted by molar-refractivity contribution is -0.136. The van der Waals surface area contributed by atoms with Gasteiger partial charge in [0.2, 0.25) is 11.8 Å². The van der Waals surface area contributed by atoms with Crippen molar-refractivity contribution >= 4 is 11.8 Å². The number of likely N-dealkylation sites (tertiary alicyclic amines) is 1. The van der Waals surface area contributed by atoms with Gasteiger partial charge < -0.3 is 15.5 Å². The number of piperidine rings is 2. The molecule has 1 aromatic carbocycles. The number of carbonyl (C=O) groups is 2. The lowest BCUT2D eigenvalue weighted by atomic mass is 9.88. The van der Waals surface area contributed by atoms with Gasteiger partial charge in [0, 0.05) is 44.1 Å². The fourth-order valence-electron chi connectivity index (χ4n) is 5.04. The van der Waals surface area contributed by atoms with Crippen LogP contribution in [0.5, 0.6) is 0 Å². The van der Waals surface area contributed by atoms with Crippen molar-refractivity contribution in [2.24, 2.45) is 11.8 Å². The van der Waals surface area contributed by atoms with Crippen LogP contribution >= 0.6 is 0 Å². The molecular formula is C22H30FN3O2. The lowest BCUT2D eigenvalue weighted by Crippen LogP contribution is -2.44. The summed E-state index contributed by atoms with van der Waals surface area (Å²) in [7, 11) is 0. The number of carbonyl (C=O) groups excluding carboxylic acids is 2. The monoisotopic (exact) mass is 387 g/mol. The molecular weight excluding hydrogens is 357 g/mol. The maximum atomic E-state index is 12.9. The Morgan fingerprint density at radius 1 is 1.04 bits per heavy atom. The molecule has 5 nitrogen and oxygen atoms in total. The number of hydrogen-bond acceptors (Lipinski definition) is 3. The van der Waals surface area contributed by atoms with Crippen molar-refractivity contribution in [3.63, 3.8) is 0 Å². The van der Waals surface area contributed by atoms with Crippen molar-refractivity contribution in [1.29, 1.82) is 0 Å². The van der Waals surface area contributed by atoms with Crippen molar-refractivity contribution in [3.05, 3.63) is 35.6 Å². The summed E-state index contributed by atoms with van der Waals surface area (Å²) in [5, 5.41) is 6.57. The van der Waals surface area contributed by atoms with E-state index >= 15 is 0 Å². The van der Waals surface area contributed by atoms with Crippen LogP contribution in [-0.4, -0.2) is 41.9 Å². The minimum atomic E-state index is -0.274. The SMILES string of the molecule is O=C(NCc1ccc(F)cc1)C1CCN(C(=O)CC2CC3CCC(C2)N3)CC1. The fourth-order valence-corrected chi connectivity index (χ4v) is 5.04. The van der Waals surface area contributed by atoms with Gasteiger partial charge in [-0.15, -0.1) is 0 Å². The zero-order valence-corrected chi connectivity index (χ0v) is 16.3. The highest BCUT2D eigenvalue weighted by atomic mass is 19.1. The summed E-state index contributed by atoms with van der Waals surface area (Å²) in [6.45, 7) is 1.76. The van der Waals surface area contributed by atoms with Crippen molar-refractivity contribution < 1.29 is 14.0 Å². The van der Waals surface area contributed by atoms with Gasteiger partial charge in [0.05, 0.1) is 0 Å². The smallest absolute Gasteiger partial charge is 0.223 e. The summed E-state index contributed by atoms with van der Waals surface area (Å²) >= 11 is 0. The molecule has 2 unspecified atom stereocenters. The minimum Gasteiger partial charge on any atom is -0.352 e. The predicted molar refractivity (Wildman–Crippen MR) is 105 cm³/mol. The highest BCUT2D eigenvalue weighted by Gasteiger charge is 2.35. The van der Waals surface area contributed by atoms with Crippen LogP contribution in [0.4, 0.5) is 4.39 Å². The summed E-state index contributed by atoms with van der Waals surface area (Å²) in [5.41, 5.74) is 0.887. The van der Waals surface area contributed by atoms with Crippen molar-refractivity contribution in [3.8, 4) is 0 Å². The standard InChI is InChI=1S/C22H30FN3O2/c23-18-3-1-15(2-4-18)14-24-22(28)17-7-9-26(10-8-17)21(27)13-16-11-19-5-6-20(12-16)25-19/h1-4,16-17,19-20,25H,5-14H2,(H,24,28). The van der Waals surface area contributed by atoms with Gasteiger partial charge in [0.25, 0.3) is 0 Å². The largest absolute Gasteiger partial charge is 0.352 e. The average molecular weight is 387 g/mol. The number of fused-ring (bicyclic) bond motifs is 2. The predicted octanol–water partition coefficient (Wildman–Crippen LogP) is 2.60. The molecule has 0 aliphatic carbocycles. The number of nitrogens with one attached hydrogen (secondary N) is 2.